The zero-order valence-corrected chi connectivity index (χ0v) is 15.5. The second kappa shape index (κ2) is 7.89. The fourth-order valence-electron chi connectivity index (χ4n) is 2.21. The summed E-state index contributed by atoms with van der Waals surface area (Å²) in [7, 11) is -0.514. The molecule has 3 heteroatoms. The number of rotatable bonds is 3. The molecule has 0 spiro atoms. The van der Waals surface area contributed by atoms with Crippen LogP contribution in [0.1, 0.15) is 0 Å². The Morgan fingerprint density at radius 3 is 1.48 bits per heavy atom. The van der Waals surface area contributed by atoms with E-state index in [9.17, 15) is 0 Å². The molecule has 21 heavy (non-hydrogen) atoms. The average Bonchev–Trinajstić information content (AvgIpc) is 2.52. The molecule has 0 aliphatic rings. The Hall–Kier alpha value is -0.950. The van der Waals surface area contributed by atoms with E-state index in [1.54, 1.807) is 0 Å². The van der Waals surface area contributed by atoms with Crippen LogP contribution in [0.25, 0.3) is 0 Å². The predicted octanol–water partition coefficient (Wildman–Crippen LogP) is 4.79. The Kier molecular flexibility index (Phi) is 6.17. The third-order valence-electron chi connectivity index (χ3n) is 3.12. The van der Waals surface area contributed by atoms with E-state index in [-0.39, 0.29) is 17.0 Å². The van der Waals surface area contributed by atoms with Gasteiger partial charge in [-0.3, -0.25) is 0 Å². The minimum absolute atomic E-state index is 0. The Morgan fingerprint density at radius 1 is 0.571 bits per heavy atom. The van der Waals surface area contributed by atoms with Gasteiger partial charge in [0.25, 0.3) is 0 Å². The van der Waals surface area contributed by atoms with Gasteiger partial charge in [-0.2, -0.15) is 0 Å². The highest BCUT2D eigenvalue weighted by atomic mass is 79.9. The molecule has 0 N–H and O–H groups in total. The normalized spacial score (nSPS) is 10.2. The van der Waals surface area contributed by atoms with Gasteiger partial charge >= 0.3 is 0 Å². The van der Waals surface area contributed by atoms with E-state index < -0.39 is 7.92 Å². The van der Waals surface area contributed by atoms with Gasteiger partial charge in [0.1, 0.15) is 0 Å². The summed E-state index contributed by atoms with van der Waals surface area (Å²) in [4.78, 5) is 0. The van der Waals surface area contributed by atoms with Crippen LogP contribution in [0.4, 0.5) is 0 Å². The summed E-state index contributed by atoms with van der Waals surface area (Å²) in [6.45, 7) is 0. The second-order valence-corrected chi connectivity index (χ2v) is 7.50. The smallest absolute Gasteiger partial charge is 0.0258 e. The van der Waals surface area contributed by atoms with Crippen LogP contribution in [-0.4, -0.2) is 0 Å². The van der Waals surface area contributed by atoms with Gasteiger partial charge in [-0.1, -0.05) is 94.8 Å². The summed E-state index contributed by atoms with van der Waals surface area (Å²) in [6, 6.07) is 30.0. The molecule has 0 unspecified atom stereocenters. The van der Waals surface area contributed by atoms with E-state index in [1.165, 1.54) is 20.4 Å². The van der Waals surface area contributed by atoms with Crippen molar-refractivity contribution in [2.24, 2.45) is 0 Å². The van der Waals surface area contributed by atoms with Crippen molar-refractivity contribution in [2.45, 2.75) is 0 Å². The van der Waals surface area contributed by atoms with Crippen molar-refractivity contribution in [1.29, 1.82) is 0 Å². The summed E-state index contributed by atoms with van der Waals surface area (Å²) < 4.78 is 1.18. The highest BCUT2D eigenvalue weighted by Crippen LogP contribution is 2.35. The van der Waals surface area contributed by atoms with E-state index in [0.29, 0.717) is 0 Å². The summed E-state index contributed by atoms with van der Waals surface area (Å²) in [6.07, 6.45) is 0. The van der Waals surface area contributed by atoms with Crippen LogP contribution in [0.5, 0.6) is 0 Å². The zero-order valence-electron chi connectivity index (χ0n) is 11.3. The van der Waals surface area contributed by atoms with Crippen molar-refractivity contribution >= 4 is 56.7 Å². The second-order valence-electron chi connectivity index (χ2n) is 4.46. The first-order valence-electron chi connectivity index (χ1n) is 6.51. The maximum Gasteiger partial charge on any atom is 0.0258 e. The minimum Gasteiger partial charge on any atom is -0.114 e. The quantitative estimate of drug-likeness (QED) is 0.533. The number of halogens is 2. The van der Waals surface area contributed by atoms with Crippen molar-refractivity contribution < 1.29 is 0 Å². The molecule has 0 fully saturated rings. The highest BCUT2D eigenvalue weighted by molar-refractivity contribution is 9.10. The van der Waals surface area contributed by atoms with Gasteiger partial charge in [-0.25, -0.2) is 0 Å². The van der Waals surface area contributed by atoms with Gasteiger partial charge in [-0.15, -0.1) is 17.0 Å². The monoisotopic (exact) mass is 420 g/mol. The number of hydrogen-bond donors (Lipinski definition) is 0. The molecule has 0 heterocycles. The third kappa shape index (κ3) is 3.83. The standard InChI is InChI=1S/C18H14BrP.BrH/c19-17-13-7-8-14-18(17)20(15-9-3-1-4-10-15)16-11-5-2-6-12-16;/h1-14H;1H. The van der Waals surface area contributed by atoms with Crippen molar-refractivity contribution in [2.75, 3.05) is 0 Å². The summed E-state index contributed by atoms with van der Waals surface area (Å²) >= 11 is 3.71. The summed E-state index contributed by atoms with van der Waals surface area (Å²) in [5, 5.41) is 4.11. The van der Waals surface area contributed by atoms with Crippen LogP contribution in [0.2, 0.25) is 0 Å². The van der Waals surface area contributed by atoms with Crippen molar-refractivity contribution in [3.05, 3.63) is 89.4 Å². The lowest BCUT2D eigenvalue weighted by atomic mass is 10.4. The fourth-order valence-corrected chi connectivity index (χ4v) is 5.35. The SMILES string of the molecule is Br.Brc1ccccc1P(c1ccccc1)c1ccccc1. The Bertz CT molecular complexity index is 644. The van der Waals surface area contributed by atoms with E-state index >= 15 is 0 Å². The molecule has 0 amide bonds. The van der Waals surface area contributed by atoms with E-state index in [4.69, 9.17) is 0 Å². The molecular formula is C18H15Br2P. The molecule has 3 rings (SSSR count). The van der Waals surface area contributed by atoms with Gasteiger partial charge in [0.05, 0.1) is 0 Å². The lowest BCUT2D eigenvalue weighted by Gasteiger charge is -2.20. The lowest BCUT2D eigenvalue weighted by Crippen LogP contribution is -2.21. The van der Waals surface area contributed by atoms with Gasteiger partial charge in [-0.05, 0) is 29.9 Å². The van der Waals surface area contributed by atoms with Crippen molar-refractivity contribution in [3.8, 4) is 0 Å². The molecule has 0 aromatic heterocycles. The molecule has 0 nitrogen and oxygen atoms in total. The molecule has 0 radical (unpaired) electrons. The molecule has 0 aliphatic heterocycles. The largest absolute Gasteiger partial charge is 0.114 e. The maximum absolute atomic E-state index is 3.71. The van der Waals surface area contributed by atoms with Crippen molar-refractivity contribution in [3.63, 3.8) is 0 Å². The summed E-state index contributed by atoms with van der Waals surface area (Å²) in [5.41, 5.74) is 0. The lowest BCUT2D eigenvalue weighted by molar-refractivity contribution is 1.70. The van der Waals surface area contributed by atoms with Gasteiger partial charge in [0, 0.05) is 4.47 Å². The van der Waals surface area contributed by atoms with Crippen LogP contribution >= 0.6 is 40.8 Å². The molecule has 0 saturated heterocycles. The molecule has 3 aromatic rings. The predicted molar refractivity (Wildman–Crippen MR) is 103 cm³/mol. The first-order valence-corrected chi connectivity index (χ1v) is 8.64. The van der Waals surface area contributed by atoms with Crippen LogP contribution in [0, 0.1) is 0 Å². The first-order chi connectivity index (χ1) is 9.86. The zero-order chi connectivity index (χ0) is 13.8. The van der Waals surface area contributed by atoms with Crippen LogP contribution in [-0.2, 0) is 0 Å². The van der Waals surface area contributed by atoms with Gasteiger partial charge in [0.15, 0.2) is 0 Å². The Labute approximate surface area is 145 Å². The Morgan fingerprint density at radius 2 is 1.00 bits per heavy atom. The molecule has 106 valence electrons. The molecule has 3 aromatic carbocycles. The number of benzene rings is 3. The van der Waals surface area contributed by atoms with E-state index in [1.807, 2.05) is 0 Å². The minimum atomic E-state index is -0.514. The molecule has 0 aliphatic carbocycles. The Balaban J connectivity index is 0.00000161. The van der Waals surface area contributed by atoms with Gasteiger partial charge < -0.3 is 0 Å². The van der Waals surface area contributed by atoms with E-state index in [2.05, 4.69) is 101 Å². The third-order valence-corrected chi connectivity index (χ3v) is 6.62. The molecule has 0 atom stereocenters. The molecular weight excluding hydrogens is 407 g/mol. The summed E-state index contributed by atoms with van der Waals surface area (Å²) in [5.74, 6) is 0. The van der Waals surface area contributed by atoms with Crippen LogP contribution in [0.15, 0.2) is 89.4 Å². The molecule has 0 saturated carbocycles. The molecule has 0 bridgehead atoms. The van der Waals surface area contributed by atoms with Crippen molar-refractivity contribution in [1.82, 2.24) is 0 Å². The van der Waals surface area contributed by atoms with Gasteiger partial charge in [0.2, 0.25) is 0 Å². The van der Waals surface area contributed by atoms with Crippen LogP contribution < -0.4 is 15.9 Å². The van der Waals surface area contributed by atoms with Crippen LogP contribution in [0.3, 0.4) is 0 Å². The highest BCUT2D eigenvalue weighted by Gasteiger charge is 2.17. The van der Waals surface area contributed by atoms with E-state index in [0.717, 1.165) is 0 Å². The number of hydrogen-bond acceptors (Lipinski definition) is 0. The average molecular weight is 422 g/mol. The first kappa shape index (κ1) is 16.4. The maximum atomic E-state index is 3.71. The fraction of sp³-hybridized carbons (Fsp3) is 0. The topological polar surface area (TPSA) is 0 Å².